The first-order valence-corrected chi connectivity index (χ1v) is 9.96. The van der Waals surface area contributed by atoms with E-state index in [9.17, 15) is 9.59 Å². The van der Waals surface area contributed by atoms with Gasteiger partial charge < -0.3 is 29.0 Å². The van der Waals surface area contributed by atoms with Crippen molar-refractivity contribution in [2.45, 2.75) is 33.0 Å². The van der Waals surface area contributed by atoms with Gasteiger partial charge in [0, 0.05) is 12.4 Å². The molecule has 2 heterocycles. The van der Waals surface area contributed by atoms with Crippen molar-refractivity contribution in [2.75, 3.05) is 38.7 Å². The van der Waals surface area contributed by atoms with Gasteiger partial charge in [0.05, 0.1) is 24.9 Å². The lowest BCUT2D eigenvalue weighted by Gasteiger charge is -2.31. The molecule has 2 atom stereocenters. The van der Waals surface area contributed by atoms with Crippen molar-refractivity contribution in [1.29, 1.82) is 0 Å². The second-order valence-electron chi connectivity index (χ2n) is 7.53. The normalized spacial score (nSPS) is 21.8. The van der Waals surface area contributed by atoms with Crippen LogP contribution >= 0.6 is 0 Å². The molecule has 0 saturated carbocycles. The smallest absolute Gasteiger partial charge is 0.357 e. The van der Waals surface area contributed by atoms with Gasteiger partial charge in [0.1, 0.15) is 31.0 Å². The lowest BCUT2D eigenvalue weighted by molar-refractivity contribution is -0.907. The Bertz CT molecular complexity index is 897. The third-order valence-electron chi connectivity index (χ3n) is 5.17. The average molecular weight is 404 g/mol. The number of morpholine rings is 1. The van der Waals surface area contributed by atoms with Gasteiger partial charge >= 0.3 is 5.97 Å². The zero-order valence-corrected chi connectivity index (χ0v) is 17.7. The molecule has 8 nitrogen and oxygen atoms in total. The van der Waals surface area contributed by atoms with Crippen LogP contribution in [0.4, 0.5) is 5.69 Å². The minimum Gasteiger partial charge on any atom is -0.497 e. The first kappa shape index (κ1) is 21.1. The fraction of sp³-hybridized carbons (Fsp3) is 0.524. The molecule has 1 aliphatic rings. The molecule has 0 radical (unpaired) electrons. The van der Waals surface area contributed by atoms with Crippen molar-refractivity contribution >= 4 is 28.5 Å². The lowest BCUT2D eigenvalue weighted by atomic mass is 10.2. The van der Waals surface area contributed by atoms with Crippen LogP contribution in [0.25, 0.3) is 10.9 Å². The van der Waals surface area contributed by atoms with Gasteiger partial charge in [0.25, 0.3) is 5.91 Å². The van der Waals surface area contributed by atoms with Crippen LogP contribution in [0.1, 0.15) is 31.3 Å². The van der Waals surface area contributed by atoms with E-state index in [1.165, 1.54) is 0 Å². The highest BCUT2D eigenvalue weighted by Crippen LogP contribution is 2.33. The third kappa shape index (κ3) is 4.54. The van der Waals surface area contributed by atoms with E-state index >= 15 is 0 Å². The number of aromatic nitrogens is 1. The van der Waals surface area contributed by atoms with Crippen LogP contribution in [0.5, 0.6) is 5.75 Å². The molecule has 2 N–H and O–H groups in total. The summed E-state index contributed by atoms with van der Waals surface area (Å²) in [5, 5.41) is 3.70. The summed E-state index contributed by atoms with van der Waals surface area (Å²) in [6.07, 6.45) is 0.219. The number of hydrogen-bond acceptors (Lipinski definition) is 5. The number of rotatable bonds is 6. The van der Waals surface area contributed by atoms with E-state index in [2.05, 4.69) is 5.32 Å². The van der Waals surface area contributed by atoms with E-state index in [0.717, 1.165) is 28.9 Å². The number of hydrogen-bond donors (Lipinski definition) is 2. The van der Waals surface area contributed by atoms with E-state index in [1.54, 1.807) is 25.6 Å². The Hall–Kier alpha value is -2.58. The maximum Gasteiger partial charge on any atom is 0.357 e. The van der Waals surface area contributed by atoms with Crippen LogP contribution in [0.2, 0.25) is 0 Å². The van der Waals surface area contributed by atoms with E-state index in [-0.39, 0.29) is 24.7 Å². The van der Waals surface area contributed by atoms with Gasteiger partial charge in [-0.2, -0.15) is 0 Å². The number of fused-ring (bicyclic) bond motifs is 1. The number of quaternary nitrogens is 1. The number of methoxy groups -OCH3 is 1. The maximum atomic E-state index is 12.9. The molecular formula is C21H30N3O5+. The van der Waals surface area contributed by atoms with Gasteiger partial charge in [-0.25, -0.2) is 4.79 Å². The molecule has 8 heteroatoms. The van der Waals surface area contributed by atoms with Crippen molar-refractivity contribution in [3.05, 3.63) is 23.9 Å². The summed E-state index contributed by atoms with van der Waals surface area (Å²) in [5.41, 5.74) is 1.59. The van der Waals surface area contributed by atoms with E-state index in [4.69, 9.17) is 14.2 Å². The van der Waals surface area contributed by atoms with Gasteiger partial charge in [-0.05, 0) is 39.0 Å². The Morgan fingerprint density at radius 3 is 2.59 bits per heavy atom. The van der Waals surface area contributed by atoms with Crippen molar-refractivity contribution in [2.24, 2.45) is 7.05 Å². The monoisotopic (exact) mass is 404 g/mol. The van der Waals surface area contributed by atoms with Crippen LogP contribution in [0.3, 0.4) is 0 Å². The number of carbonyl (C=O) groups is 2. The highest BCUT2D eigenvalue weighted by Gasteiger charge is 2.29. The number of ether oxygens (including phenoxy) is 3. The van der Waals surface area contributed by atoms with Gasteiger partial charge in [-0.15, -0.1) is 0 Å². The number of benzene rings is 1. The molecule has 1 aromatic carbocycles. The zero-order chi connectivity index (χ0) is 21.1. The minimum absolute atomic E-state index is 0.110. The summed E-state index contributed by atoms with van der Waals surface area (Å²) in [5.74, 6) is 0.0269. The maximum absolute atomic E-state index is 12.9. The molecule has 158 valence electrons. The Morgan fingerprint density at radius 1 is 1.28 bits per heavy atom. The predicted octanol–water partition coefficient (Wildman–Crippen LogP) is 0.994. The van der Waals surface area contributed by atoms with Gasteiger partial charge in [0.15, 0.2) is 12.2 Å². The van der Waals surface area contributed by atoms with Crippen LogP contribution < -0.4 is 15.0 Å². The SMILES string of the molecule is CCOC(=O)c1c(NC(=O)C[NH+]2C[C@H](C)O[C@@H](C)C2)c2cc(OC)ccc2n1C. The molecule has 1 aromatic heterocycles. The van der Waals surface area contributed by atoms with E-state index in [0.29, 0.717) is 23.7 Å². The quantitative estimate of drug-likeness (QED) is 0.702. The summed E-state index contributed by atoms with van der Waals surface area (Å²) in [6, 6.07) is 5.51. The molecule has 0 bridgehead atoms. The molecule has 1 amide bonds. The number of aryl methyl sites for hydroxylation is 1. The molecule has 0 aliphatic carbocycles. The molecule has 1 saturated heterocycles. The van der Waals surface area contributed by atoms with Crippen molar-refractivity contribution in [1.82, 2.24) is 4.57 Å². The topological polar surface area (TPSA) is 83.2 Å². The summed E-state index contributed by atoms with van der Waals surface area (Å²) >= 11 is 0. The van der Waals surface area contributed by atoms with Crippen LogP contribution in [-0.2, 0) is 21.3 Å². The molecule has 1 fully saturated rings. The number of anilines is 1. The summed E-state index contributed by atoms with van der Waals surface area (Å²) in [4.78, 5) is 26.6. The predicted molar refractivity (Wildman–Crippen MR) is 110 cm³/mol. The van der Waals surface area contributed by atoms with Crippen molar-refractivity contribution in [3.63, 3.8) is 0 Å². The fourth-order valence-electron chi connectivity index (χ4n) is 4.06. The summed E-state index contributed by atoms with van der Waals surface area (Å²) < 4.78 is 18.1. The summed E-state index contributed by atoms with van der Waals surface area (Å²) in [7, 11) is 3.37. The van der Waals surface area contributed by atoms with Gasteiger partial charge in [0.2, 0.25) is 0 Å². The molecule has 2 aromatic rings. The van der Waals surface area contributed by atoms with Crippen LogP contribution in [0.15, 0.2) is 18.2 Å². The summed E-state index contributed by atoms with van der Waals surface area (Å²) in [6.45, 7) is 7.89. The molecule has 0 spiro atoms. The molecule has 0 unspecified atom stereocenters. The Labute approximate surface area is 170 Å². The van der Waals surface area contributed by atoms with Gasteiger partial charge in [-0.3, -0.25) is 4.79 Å². The first-order valence-electron chi connectivity index (χ1n) is 9.96. The number of nitrogens with one attached hydrogen (secondary N) is 2. The Kier molecular flexibility index (Phi) is 6.44. The Balaban J connectivity index is 1.92. The van der Waals surface area contributed by atoms with Crippen molar-refractivity contribution < 1.29 is 28.7 Å². The number of esters is 1. The number of amides is 1. The number of nitrogens with zero attached hydrogens (tertiary/aromatic N) is 1. The van der Waals surface area contributed by atoms with E-state index in [1.807, 2.05) is 32.0 Å². The second-order valence-corrected chi connectivity index (χ2v) is 7.53. The van der Waals surface area contributed by atoms with Gasteiger partial charge in [-0.1, -0.05) is 0 Å². The molecular weight excluding hydrogens is 374 g/mol. The lowest BCUT2D eigenvalue weighted by Crippen LogP contribution is -3.16. The van der Waals surface area contributed by atoms with Crippen LogP contribution in [0, 0.1) is 0 Å². The molecule has 29 heavy (non-hydrogen) atoms. The minimum atomic E-state index is -0.471. The molecule has 1 aliphatic heterocycles. The fourth-order valence-corrected chi connectivity index (χ4v) is 4.06. The third-order valence-corrected chi connectivity index (χ3v) is 5.17. The van der Waals surface area contributed by atoms with Crippen molar-refractivity contribution in [3.8, 4) is 5.75 Å². The number of carbonyl (C=O) groups excluding carboxylic acids is 2. The Morgan fingerprint density at radius 2 is 1.97 bits per heavy atom. The zero-order valence-electron chi connectivity index (χ0n) is 17.7. The van der Waals surface area contributed by atoms with Crippen LogP contribution in [-0.4, -0.2) is 62.0 Å². The highest BCUT2D eigenvalue weighted by molar-refractivity contribution is 6.11. The second kappa shape index (κ2) is 8.84. The standard InChI is InChI=1S/C21H29N3O5/c1-6-28-21(26)20-19(16-9-15(27-5)7-8-17(16)23(20)4)22-18(25)12-24-10-13(2)29-14(3)11-24/h7-9,13-14H,6,10-12H2,1-5H3,(H,22,25)/p+1/t13-,14-/m0/s1. The average Bonchev–Trinajstić information content (AvgIpc) is 2.92. The highest BCUT2D eigenvalue weighted by atomic mass is 16.5. The molecule has 3 rings (SSSR count). The first-order chi connectivity index (χ1) is 13.8. The van der Waals surface area contributed by atoms with E-state index < -0.39 is 5.97 Å². The largest absolute Gasteiger partial charge is 0.497 e.